The van der Waals surface area contributed by atoms with Gasteiger partial charge in [0.15, 0.2) is 0 Å². The van der Waals surface area contributed by atoms with Crippen LogP contribution in [-0.4, -0.2) is 13.7 Å². The molecule has 0 unspecified atom stereocenters. The van der Waals surface area contributed by atoms with E-state index in [9.17, 15) is 0 Å². The van der Waals surface area contributed by atoms with Crippen molar-refractivity contribution in [3.8, 4) is 11.5 Å². The molecule has 21 heavy (non-hydrogen) atoms. The van der Waals surface area contributed by atoms with Crippen molar-refractivity contribution in [2.75, 3.05) is 13.7 Å². The highest BCUT2D eigenvalue weighted by molar-refractivity contribution is 9.10. The van der Waals surface area contributed by atoms with Gasteiger partial charge in [0.25, 0.3) is 0 Å². The minimum absolute atomic E-state index is 0.474. The molecular weight excluding hydrogens is 330 g/mol. The molecule has 0 atom stereocenters. The van der Waals surface area contributed by atoms with Crippen LogP contribution in [0.25, 0.3) is 0 Å². The van der Waals surface area contributed by atoms with Crippen LogP contribution in [0.1, 0.15) is 17.5 Å². The van der Waals surface area contributed by atoms with Crippen LogP contribution in [0.5, 0.6) is 11.5 Å². The summed E-state index contributed by atoms with van der Waals surface area (Å²) in [5, 5.41) is 0. The van der Waals surface area contributed by atoms with E-state index in [1.807, 2.05) is 30.3 Å². The van der Waals surface area contributed by atoms with Crippen molar-refractivity contribution in [1.82, 2.24) is 0 Å². The van der Waals surface area contributed by atoms with E-state index < -0.39 is 0 Å². The second kappa shape index (κ2) is 8.05. The summed E-state index contributed by atoms with van der Waals surface area (Å²) < 4.78 is 12.2. The van der Waals surface area contributed by atoms with E-state index in [2.05, 4.69) is 28.1 Å². The highest BCUT2D eigenvalue weighted by Crippen LogP contribution is 2.27. The van der Waals surface area contributed by atoms with Crippen molar-refractivity contribution in [1.29, 1.82) is 0 Å². The fourth-order valence-electron chi connectivity index (χ4n) is 2.12. The van der Waals surface area contributed by atoms with Gasteiger partial charge in [-0.3, -0.25) is 0 Å². The van der Waals surface area contributed by atoms with Crippen LogP contribution in [0, 0.1) is 0 Å². The maximum Gasteiger partial charge on any atom is 0.133 e. The van der Waals surface area contributed by atoms with Crippen LogP contribution in [0.15, 0.2) is 46.9 Å². The quantitative estimate of drug-likeness (QED) is 0.823. The molecule has 0 radical (unpaired) electrons. The fourth-order valence-corrected chi connectivity index (χ4v) is 2.52. The van der Waals surface area contributed by atoms with Gasteiger partial charge in [0.2, 0.25) is 0 Å². The summed E-state index contributed by atoms with van der Waals surface area (Å²) in [6.45, 7) is 1.18. The molecule has 0 aromatic heterocycles. The number of nitrogens with two attached hydrogens (primary N) is 1. The van der Waals surface area contributed by atoms with Crippen molar-refractivity contribution >= 4 is 15.9 Å². The molecule has 0 bridgehead atoms. The first kappa shape index (κ1) is 15.9. The topological polar surface area (TPSA) is 44.5 Å². The Morgan fingerprint density at radius 3 is 2.62 bits per heavy atom. The van der Waals surface area contributed by atoms with E-state index in [4.69, 9.17) is 15.2 Å². The second-order valence-corrected chi connectivity index (χ2v) is 5.61. The number of halogens is 1. The Bertz CT molecular complexity index is 587. The number of hydrogen-bond donors (Lipinski definition) is 1. The first-order valence-corrected chi connectivity index (χ1v) is 7.77. The summed E-state index contributed by atoms with van der Waals surface area (Å²) in [5.41, 5.74) is 7.87. The van der Waals surface area contributed by atoms with Gasteiger partial charge in [0, 0.05) is 5.56 Å². The Morgan fingerprint density at radius 1 is 1.10 bits per heavy atom. The molecule has 0 aliphatic carbocycles. The second-order valence-electron chi connectivity index (χ2n) is 4.76. The average Bonchev–Trinajstić information content (AvgIpc) is 2.52. The smallest absolute Gasteiger partial charge is 0.133 e. The lowest BCUT2D eigenvalue weighted by molar-refractivity contribution is 0.295. The lowest BCUT2D eigenvalue weighted by Gasteiger charge is -2.13. The zero-order valence-corrected chi connectivity index (χ0v) is 13.7. The molecule has 2 aromatic rings. The molecule has 0 saturated heterocycles. The first-order chi connectivity index (χ1) is 10.2. The number of para-hydroxylation sites is 1. The number of ether oxygens (including phenoxy) is 2. The molecule has 3 nitrogen and oxygen atoms in total. The van der Waals surface area contributed by atoms with Gasteiger partial charge in [-0.2, -0.15) is 0 Å². The normalized spacial score (nSPS) is 10.4. The summed E-state index contributed by atoms with van der Waals surface area (Å²) in [6, 6.07) is 14.0. The van der Waals surface area contributed by atoms with Gasteiger partial charge in [-0.25, -0.2) is 0 Å². The predicted molar refractivity (Wildman–Crippen MR) is 88.8 cm³/mol. The Kier molecular flexibility index (Phi) is 6.08. The zero-order chi connectivity index (χ0) is 15.1. The van der Waals surface area contributed by atoms with Crippen LogP contribution in [-0.2, 0) is 13.0 Å². The fraction of sp³-hybridized carbons (Fsp3) is 0.294. The molecule has 0 aliphatic rings. The average molecular weight is 350 g/mol. The van der Waals surface area contributed by atoms with Gasteiger partial charge in [0.05, 0.1) is 11.6 Å². The molecular formula is C17H20BrNO2. The lowest BCUT2D eigenvalue weighted by atomic mass is 10.1. The summed E-state index contributed by atoms with van der Waals surface area (Å²) >= 11 is 3.48. The SMILES string of the molecule is COc1ccc(CCCN)cc1COc1ccccc1Br. The van der Waals surface area contributed by atoms with Crippen LogP contribution in [0.2, 0.25) is 0 Å². The molecule has 0 saturated carbocycles. The van der Waals surface area contributed by atoms with Gasteiger partial charge in [-0.1, -0.05) is 18.2 Å². The Morgan fingerprint density at radius 2 is 1.90 bits per heavy atom. The summed E-state index contributed by atoms with van der Waals surface area (Å²) in [5.74, 6) is 1.67. The van der Waals surface area contributed by atoms with Gasteiger partial charge >= 0.3 is 0 Å². The minimum atomic E-state index is 0.474. The molecule has 2 aromatic carbocycles. The van der Waals surface area contributed by atoms with E-state index in [-0.39, 0.29) is 0 Å². The molecule has 2 rings (SSSR count). The molecule has 0 heterocycles. The lowest BCUT2D eigenvalue weighted by Crippen LogP contribution is -2.03. The number of methoxy groups -OCH3 is 1. The van der Waals surface area contributed by atoms with E-state index in [0.29, 0.717) is 13.2 Å². The highest BCUT2D eigenvalue weighted by Gasteiger charge is 2.07. The largest absolute Gasteiger partial charge is 0.496 e. The maximum atomic E-state index is 5.87. The van der Waals surface area contributed by atoms with Crippen molar-refractivity contribution < 1.29 is 9.47 Å². The first-order valence-electron chi connectivity index (χ1n) is 6.97. The zero-order valence-electron chi connectivity index (χ0n) is 12.1. The molecule has 4 heteroatoms. The Balaban J connectivity index is 2.12. The Labute approximate surface area is 134 Å². The molecule has 0 aliphatic heterocycles. The summed E-state index contributed by atoms with van der Waals surface area (Å²) in [4.78, 5) is 0. The molecule has 112 valence electrons. The molecule has 2 N–H and O–H groups in total. The molecule has 0 fully saturated rings. The van der Waals surface area contributed by atoms with E-state index in [1.165, 1.54) is 5.56 Å². The third-order valence-electron chi connectivity index (χ3n) is 3.23. The number of rotatable bonds is 7. The van der Waals surface area contributed by atoms with Gasteiger partial charge < -0.3 is 15.2 Å². The summed E-state index contributed by atoms with van der Waals surface area (Å²) in [7, 11) is 1.68. The van der Waals surface area contributed by atoms with Crippen molar-refractivity contribution in [3.05, 3.63) is 58.1 Å². The predicted octanol–water partition coefficient (Wildman–Crippen LogP) is 3.93. The van der Waals surface area contributed by atoms with Crippen molar-refractivity contribution in [3.63, 3.8) is 0 Å². The standard InChI is InChI=1S/C17H20BrNO2/c1-20-16-9-8-13(5-4-10-19)11-14(16)12-21-17-7-3-2-6-15(17)18/h2-3,6-9,11H,4-5,10,12,19H2,1H3. The van der Waals surface area contributed by atoms with E-state index in [0.717, 1.165) is 34.4 Å². The maximum absolute atomic E-state index is 5.87. The van der Waals surface area contributed by atoms with Gasteiger partial charge in [-0.05, 0) is 65.1 Å². The van der Waals surface area contributed by atoms with E-state index in [1.54, 1.807) is 7.11 Å². The minimum Gasteiger partial charge on any atom is -0.496 e. The van der Waals surface area contributed by atoms with Crippen LogP contribution in [0.3, 0.4) is 0 Å². The van der Waals surface area contributed by atoms with E-state index >= 15 is 0 Å². The van der Waals surface area contributed by atoms with Gasteiger partial charge in [0.1, 0.15) is 18.1 Å². The third kappa shape index (κ3) is 4.48. The van der Waals surface area contributed by atoms with Crippen LogP contribution >= 0.6 is 15.9 Å². The third-order valence-corrected chi connectivity index (χ3v) is 3.89. The molecule has 0 amide bonds. The summed E-state index contributed by atoms with van der Waals surface area (Å²) in [6.07, 6.45) is 1.96. The highest BCUT2D eigenvalue weighted by atomic mass is 79.9. The number of benzene rings is 2. The van der Waals surface area contributed by atoms with Crippen molar-refractivity contribution in [2.24, 2.45) is 5.73 Å². The monoisotopic (exact) mass is 349 g/mol. The molecule has 0 spiro atoms. The number of aryl methyl sites for hydroxylation is 1. The van der Waals surface area contributed by atoms with Gasteiger partial charge in [-0.15, -0.1) is 0 Å². The Hall–Kier alpha value is -1.52. The number of hydrogen-bond acceptors (Lipinski definition) is 3. The van der Waals surface area contributed by atoms with Crippen molar-refractivity contribution in [2.45, 2.75) is 19.4 Å². The van der Waals surface area contributed by atoms with Crippen LogP contribution in [0.4, 0.5) is 0 Å². The van der Waals surface area contributed by atoms with Crippen LogP contribution < -0.4 is 15.2 Å².